The summed E-state index contributed by atoms with van der Waals surface area (Å²) >= 11 is 0. The fraction of sp³-hybridized carbons (Fsp3) is 0.222. The molecular weight excluding hydrogens is 224 g/mol. The first-order valence-electron chi connectivity index (χ1n) is 4.50. The van der Waals surface area contributed by atoms with Crippen molar-refractivity contribution < 1.29 is 4.92 Å². The highest BCUT2D eigenvalue weighted by atomic mass is 16.6. The number of nitro groups is 1. The topological polar surface area (TPSA) is 133 Å². The Labute approximate surface area is 96.6 Å². The third-order valence-corrected chi connectivity index (χ3v) is 1.90. The van der Waals surface area contributed by atoms with Crippen LogP contribution in [0.1, 0.15) is 0 Å². The summed E-state index contributed by atoms with van der Waals surface area (Å²) < 4.78 is 0. The Balaban J connectivity index is 3.25. The van der Waals surface area contributed by atoms with Crippen LogP contribution in [0.3, 0.4) is 0 Å². The second-order valence-electron chi connectivity index (χ2n) is 3.01. The van der Waals surface area contributed by atoms with Crippen molar-refractivity contribution in [2.24, 2.45) is 0 Å². The lowest BCUT2D eigenvalue weighted by atomic mass is 10.3. The molecule has 0 saturated carbocycles. The number of pyridine rings is 1. The molecule has 17 heavy (non-hydrogen) atoms. The smallest absolute Gasteiger partial charge is 0.311 e. The number of hydrogen-bond acceptors (Lipinski definition) is 7. The van der Waals surface area contributed by atoms with Crippen LogP contribution in [0, 0.1) is 32.8 Å². The Hall–Kier alpha value is -2.87. The predicted octanol–water partition coefficient (Wildman–Crippen LogP) is 0.426. The van der Waals surface area contributed by atoms with Gasteiger partial charge in [0, 0.05) is 6.07 Å². The molecule has 1 aromatic heterocycles. The lowest BCUT2D eigenvalue weighted by Crippen LogP contribution is -2.26. The molecule has 0 bridgehead atoms. The van der Waals surface area contributed by atoms with Crippen LogP contribution in [0.25, 0.3) is 0 Å². The zero-order chi connectivity index (χ0) is 12.8. The van der Waals surface area contributed by atoms with Gasteiger partial charge in [-0.3, -0.25) is 10.1 Å². The summed E-state index contributed by atoms with van der Waals surface area (Å²) in [5, 5.41) is 28.0. The highest BCUT2D eigenvalue weighted by Crippen LogP contribution is 2.26. The average molecular weight is 232 g/mol. The Bertz CT molecular complexity index is 499. The first-order chi connectivity index (χ1) is 8.10. The van der Waals surface area contributed by atoms with Crippen LogP contribution >= 0.6 is 0 Å². The van der Waals surface area contributed by atoms with E-state index in [1.807, 2.05) is 12.1 Å². The molecule has 0 atom stereocenters. The van der Waals surface area contributed by atoms with Crippen LogP contribution in [-0.4, -0.2) is 23.0 Å². The van der Waals surface area contributed by atoms with Gasteiger partial charge in [0.1, 0.15) is 18.9 Å². The summed E-state index contributed by atoms with van der Waals surface area (Å²) in [6, 6.07) is 6.10. The highest BCUT2D eigenvalue weighted by molar-refractivity contribution is 5.61. The molecular formula is C9H8N6O2. The van der Waals surface area contributed by atoms with Crippen LogP contribution in [0.5, 0.6) is 0 Å². The highest BCUT2D eigenvalue weighted by Gasteiger charge is 2.21. The summed E-state index contributed by atoms with van der Waals surface area (Å²) in [5.74, 6) is 0.0181. The quantitative estimate of drug-likeness (QED) is 0.451. The molecule has 1 heterocycles. The van der Waals surface area contributed by atoms with Gasteiger partial charge in [0.15, 0.2) is 0 Å². The van der Waals surface area contributed by atoms with Gasteiger partial charge in [-0.25, -0.2) is 4.98 Å². The van der Waals surface area contributed by atoms with Crippen molar-refractivity contribution >= 4 is 17.3 Å². The minimum absolute atomic E-state index is 0.0712. The molecule has 0 amide bonds. The molecule has 1 rings (SSSR count). The minimum atomic E-state index is -0.635. The van der Waals surface area contributed by atoms with Gasteiger partial charge in [0.2, 0.25) is 5.82 Å². The predicted molar refractivity (Wildman–Crippen MR) is 58.7 cm³/mol. The van der Waals surface area contributed by atoms with Crippen LogP contribution in [-0.2, 0) is 0 Å². The van der Waals surface area contributed by atoms with E-state index in [9.17, 15) is 10.1 Å². The molecule has 1 aromatic rings. The molecule has 0 saturated heterocycles. The molecule has 8 nitrogen and oxygen atoms in total. The number of hydrogen-bond donors (Lipinski definition) is 1. The first kappa shape index (κ1) is 12.2. The molecule has 0 aliphatic carbocycles. The number of nitriles is 2. The molecule has 0 spiro atoms. The maximum atomic E-state index is 10.8. The van der Waals surface area contributed by atoms with Gasteiger partial charge in [0.05, 0.1) is 17.1 Å². The number of nitrogens with zero attached hydrogens (tertiary/aromatic N) is 5. The molecule has 8 heteroatoms. The van der Waals surface area contributed by atoms with Gasteiger partial charge in [0.25, 0.3) is 0 Å². The molecule has 2 N–H and O–H groups in total. The van der Waals surface area contributed by atoms with Crippen molar-refractivity contribution in [3.63, 3.8) is 0 Å². The SMILES string of the molecule is N#CCN(CC#N)c1nc(N)ccc1[N+](=O)[O-]. The second kappa shape index (κ2) is 5.28. The summed E-state index contributed by atoms with van der Waals surface area (Å²) in [6.07, 6.45) is 0. The molecule has 0 radical (unpaired) electrons. The summed E-state index contributed by atoms with van der Waals surface area (Å²) in [5.41, 5.74) is 5.14. The summed E-state index contributed by atoms with van der Waals surface area (Å²) in [6.45, 7) is -0.351. The van der Waals surface area contributed by atoms with Gasteiger partial charge in [-0.2, -0.15) is 10.5 Å². The maximum absolute atomic E-state index is 10.8. The molecule has 86 valence electrons. The molecule has 0 aliphatic heterocycles. The summed E-state index contributed by atoms with van der Waals surface area (Å²) in [7, 11) is 0. The fourth-order valence-electron chi connectivity index (χ4n) is 1.21. The van der Waals surface area contributed by atoms with Gasteiger partial charge in [-0.05, 0) is 6.07 Å². The number of aromatic nitrogens is 1. The third kappa shape index (κ3) is 2.79. The molecule has 0 fully saturated rings. The van der Waals surface area contributed by atoms with E-state index in [0.717, 1.165) is 0 Å². The van der Waals surface area contributed by atoms with Crippen molar-refractivity contribution in [2.75, 3.05) is 23.7 Å². The average Bonchev–Trinajstić information content (AvgIpc) is 2.28. The monoisotopic (exact) mass is 232 g/mol. The van der Waals surface area contributed by atoms with E-state index in [4.69, 9.17) is 16.3 Å². The van der Waals surface area contributed by atoms with Gasteiger partial charge >= 0.3 is 5.69 Å². The zero-order valence-electron chi connectivity index (χ0n) is 8.70. The molecule has 0 unspecified atom stereocenters. The van der Waals surface area contributed by atoms with Crippen LogP contribution < -0.4 is 10.6 Å². The molecule has 0 aromatic carbocycles. The third-order valence-electron chi connectivity index (χ3n) is 1.90. The Kier molecular flexibility index (Phi) is 3.79. The zero-order valence-corrected chi connectivity index (χ0v) is 8.70. The maximum Gasteiger partial charge on any atom is 0.311 e. The van der Waals surface area contributed by atoms with Crippen molar-refractivity contribution in [1.29, 1.82) is 10.5 Å². The van der Waals surface area contributed by atoms with Crippen molar-refractivity contribution in [1.82, 2.24) is 4.98 Å². The fourth-order valence-corrected chi connectivity index (χ4v) is 1.21. The van der Waals surface area contributed by atoms with Crippen LogP contribution in [0.15, 0.2) is 12.1 Å². The lowest BCUT2D eigenvalue weighted by molar-refractivity contribution is -0.384. The number of rotatable bonds is 4. The van der Waals surface area contributed by atoms with Gasteiger partial charge in [-0.1, -0.05) is 0 Å². The van der Waals surface area contributed by atoms with Gasteiger partial charge < -0.3 is 10.6 Å². The lowest BCUT2D eigenvalue weighted by Gasteiger charge is -2.16. The van der Waals surface area contributed by atoms with Crippen molar-refractivity contribution in [3.05, 3.63) is 22.2 Å². The van der Waals surface area contributed by atoms with Crippen molar-refractivity contribution in [3.8, 4) is 12.1 Å². The van der Waals surface area contributed by atoms with Gasteiger partial charge in [-0.15, -0.1) is 0 Å². The van der Waals surface area contributed by atoms with E-state index in [-0.39, 0.29) is 30.4 Å². The van der Waals surface area contributed by atoms with E-state index in [2.05, 4.69) is 4.98 Å². The standard InChI is InChI=1S/C9H8N6O2/c10-3-5-14(6-4-11)9-7(15(16)17)1-2-8(12)13-9/h1-2H,5-6H2,(H2,12,13). The normalized spacial score (nSPS) is 9.06. The van der Waals surface area contributed by atoms with E-state index in [0.29, 0.717) is 0 Å². The van der Waals surface area contributed by atoms with E-state index >= 15 is 0 Å². The van der Waals surface area contributed by atoms with Crippen LogP contribution in [0.2, 0.25) is 0 Å². The van der Waals surface area contributed by atoms with Crippen molar-refractivity contribution in [2.45, 2.75) is 0 Å². The minimum Gasteiger partial charge on any atom is -0.384 e. The Morgan fingerprint density at radius 3 is 2.47 bits per heavy atom. The second-order valence-corrected chi connectivity index (χ2v) is 3.01. The Morgan fingerprint density at radius 1 is 1.41 bits per heavy atom. The first-order valence-corrected chi connectivity index (χ1v) is 4.50. The number of anilines is 2. The Morgan fingerprint density at radius 2 is 2.00 bits per heavy atom. The van der Waals surface area contributed by atoms with E-state index < -0.39 is 4.92 Å². The van der Waals surface area contributed by atoms with E-state index in [1.165, 1.54) is 17.0 Å². The number of nitrogens with two attached hydrogens (primary N) is 1. The van der Waals surface area contributed by atoms with Crippen LogP contribution in [0.4, 0.5) is 17.3 Å². The molecule has 0 aliphatic rings. The summed E-state index contributed by atoms with van der Waals surface area (Å²) in [4.78, 5) is 15.1. The van der Waals surface area contributed by atoms with E-state index in [1.54, 1.807) is 0 Å². The number of nitrogen functional groups attached to an aromatic ring is 1. The largest absolute Gasteiger partial charge is 0.384 e.